The van der Waals surface area contributed by atoms with Gasteiger partial charge in [-0.1, -0.05) is 6.92 Å². The zero-order valence-electron chi connectivity index (χ0n) is 10.6. The minimum absolute atomic E-state index is 0.0905. The van der Waals surface area contributed by atoms with Crippen molar-refractivity contribution in [3.05, 3.63) is 17.0 Å². The Morgan fingerprint density at radius 2 is 2.11 bits per heavy atom. The van der Waals surface area contributed by atoms with Crippen molar-refractivity contribution in [1.82, 2.24) is 4.31 Å². The number of rotatable bonds is 3. The maximum Gasteiger partial charge on any atom is 0.252 e. The molecule has 1 aliphatic rings. The predicted octanol–water partition coefficient (Wildman–Crippen LogP) is 3.30. The number of halogens is 1. The molecule has 1 fully saturated rings. The van der Waals surface area contributed by atoms with Crippen LogP contribution in [0.5, 0.6) is 0 Å². The van der Waals surface area contributed by atoms with Gasteiger partial charge in [0.1, 0.15) is 4.21 Å². The lowest BCUT2D eigenvalue weighted by Crippen LogP contribution is -2.44. The second-order valence-electron chi connectivity index (χ2n) is 4.96. The molecule has 0 aromatic carbocycles. The third-order valence-electron chi connectivity index (χ3n) is 3.39. The van der Waals surface area contributed by atoms with Gasteiger partial charge in [0.15, 0.2) is 0 Å². The van der Waals surface area contributed by atoms with Crippen LogP contribution in [0.15, 0.2) is 16.3 Å². The quantitative estimate of drug-likeness (QED) is 0.804. The topological polar surface area (TPSA) is 37.4 Å². The first-order valence-corrected chi connectivity index (χ1v) is 8.90. The number of piperidine rings is 1. The first-order valence-electron chi connectivity index (χ1n) is 6.11. The monoisotopic (exact) mass is 307 g/mol. The van der Waals surface area contributed by atoms with Crippen LogP contribution in [0.3, 0.4) is 0 Å². The third kappa shape index (κ3) is 2.74. The van der Waals surface area contributed by atoms with Crippen LogP contribution >= 0.6 is 22.9 Å². The highest BCUT2D eigenvalue weighted by Gasteiger charge is 2.34. The van der Waals surface area contributed by atoms with Gasteiger partial charge in [-0.25, -0.2) is 8.42 Å². The average molecular weight is 308 g/mol. The Kier molecular flexibility index (Phi) is 4.36. The molecule has 0 amide bonds. The van der Waals surface area contributed by atoms with Crippen molar-refractivity contribution in [2.24, 2.45) is 5.92 Å². The first kappa shape index (κ1) is 14.3. The van der Waals surface area contributed by atoms with E-state index in [-0.39, 0.29) is 6.04 Å². The van der Waals surface area contributed by atoms with Gasteiger partial charge in [-0.3, -0.25) is 0 Å². The summed E-state index contributed by atoms with van der Waals surface area (Å²) in [6.45, 7) is 4.71. The number of alkyl halides is 1. The van der Waals surface area contributed by atoms with Gasteiger partial charge in [-0.15, -0.1) is 22.9 Å². The number of thiophene rings is 1. The van der Waals surface area contributed by atoms with Crippen molar-refractivity contribution in [2.75, 3.05) is 6.54 Å². The lowest BCUT2D eigenvalue weighted by Gasteiger charge is -2.35. The van der Waals surface area contributed by atoms with Gasteiger partial charge >= 0.3 is 0 Å². The van der Waals surface area contributed by atoms with E-state index in [1.54, 1.807) is 16.4 Å². The van der Waals surface area contributed by atoms with E-state index < -0.39 is 10.0 Å². The molecule has 0 saturated carbocycles. The molecule has 0 bridgehead atoms. The van der Waals surface area contributed by atoms with Crippen molar-refractivity contribution >= 4 is 33.0 Å². The van der Waals surface area contributed by atoms with Crippen molar-refractivity contribution in [1.29, 1.82) is 0 Å². The number of hydrogen-bond acceptors (Lipinski definition) is 3. The Balaban J connectivity index is 2.29. The molecular weight excluding hydrogens is 290 g/mol. The molecule has 2 heterocycles. The van der Waals surface area contributed by atoms with E-state index in [0.29, 0.717) is 22.6 Å². The molecule has 0 N–H and O–H groups in total. The van der Waals surface area contributed by atoms with Crippen molar-refractivity contribution in [3.8, 4) is 0 Å². The summed E-state index contributed by atoms with van der Waals surface area (Å²) in [6.07, 6.45) is 2.04. The molecule has 0 spiro atoms. The Hall–Kier alpha value is -0.100. The van der Waals surface area contributed by atoms with Gasteiger partial charge in [-0.05, 0) is 37.8 Å². The lowest BCUT2D eigenvalue weighted by atomic mass is 9.97. The molecule has 102 valence electrons. The minimum Gasteiger partial charge on any atom is -0.206 e. The SMILES string of the molecule is CC1CCC(C)N(S(=O)(=O)c2ccc(CCl)s2)C1. The predicted molar refractivity (Wildman–Crippen MR) is 75.6 cm³/mol. The fourth-order valence-electron chi connectivity index (χ4n) is 2.27. The summed E-state index contributed by atoms with van der Waals surface area (Å²) in [7, 11) is -3.34. The standard InChI is InChI=1S/C12H18ClNO2S2/c1-9-3-4-10(2)14(8-9)18(15,16)12-6-5-11(7-13)17-12/h5-6,9-10H,3-4,7-8H2,1-2H3. The number of hydrogen-bond donors (Lipinski definition) is 0. The fraction of sp³-hybridized carbons (Fsp3) is 0.667. The van der Waals surface area contributed by atoms with Gasteiger partial charge in [0.05, 0.1) is 5.88 Å². The molecule has 1 saturated heterocycles. The molecule has 2 atom stereocenters. The van der Waals surface area contributed by atoms with Crippen LogP contribution in [0, 0.1) is 5.92 Å². The molecular formula is C12H18ClNO2S2. The van der Waals surface area contributed by atoms with Crippen LogP contribution in [-0.2, 0) is 15.9 Å². The zero-order valence-corrected chi connectivity index (χ0v) is 13.0. The fourth-order valence-corrected chi connectivity index (χ4v) is 5.64. The summed E-state index contributed by atoms with van der Waals surface area (Å²) in [5, 5.41) is 0. The Morgan fingerprint density at radius 3 is 2.72 bits per heavy atom. The Morgan fingerprint density at radius 1 is 1.39 bits per heavy atom. The second kappa shape index (κ2) is 5.49. The van der Waals surface area contributed by atoms with Crippen LogP contribution in [0.4, 0.5) is 0 Å². The molecule has 0 radical (unpaired) electrons. The summed E-state index contributed by atoms with van der Waals surface area (Å²) >= 11 is 7.01. The van der Waals surface area contributed by atoms with E-state index in [1.165, 1.54) is 11.3 Å². The highest BCUT2D eigenvalue weighted by molar-refractivity contribution is 7.91. The van der Waals surface area contributed by atoms with E-state index in [4.69, 9.17) is 11.6 Å². The zero-order chi connectivity index (χ0) is 13.3. The maximum atomic E-state index is 12.6. The number of sulfonamides is 1. The summed E-state index contributed by atoms with van der Waals surface area (Å²) in [4.78, 5) is 0.896. The molecule has 3 nitrogen and oxygen atoms in total. The van der Waals surface area contributed by atoms with Crippen molar-refractivity contribution in [3.63, 3.8) is 0 Å². The van der Waals surface area contributed by atoms with E-state index in [0.717, 1.165) is 17.7 Å². The van der Waals surface area contributed by atoms with Crippen molar-refractivity contribution < 1.29 is 8.42 Å². The molecule has 1 aliphatic heterocycles. The molecule has 6 heteroatoms. The van der Waals surface area contributed by atoms with E-state index in [1.807, 2.05) is 6.92 Å². The Bertz CT molecular complexity index is 512. The molecule has 2 unspecified atom stereocenters. The molecule has 1 aromatic rings. The lowest BCUT2D eigenvalue weighted by molar-refractivity contribution is 0.218. The van der Waals surface area contributed by atoms with Gasteiger partial charge in [-0.2, -0.15) is 4.31 Å². The first-order chi connectivity index (χ1) is 8.45. The third-order valence-corrected chi connectivity index (χ3v) is 7.37. The molecule has 0 aliphatic carbocycles. The average Bonchev–Trinajstić information content (AvgIpc) is 2.81. The minimum atomic E-state index is -3.34. The van der Waals surface area contributed by atoms with E-state index >= 15 is 0 Å². The molecule has 18 heavy (non-hydrogen) atoms. The van der Waals surface area contributed by atoms with Crippen LogP contribution in [0.25, 0.3) is 0 Å². The summed E-state index contributed by atoms with van der Waals surface area (Å²) in [5.41, 5.74) is 0. The second-order valence-corrected chi connectivity index (χ2v) is 8.51. The normalized spacial score (nSPS) is 26.4. The van der Waals surface area contributed by atoms with Gasteiger partial charge in [0, 0.05) is 17.5 Å². The molecule has 1 aromatic heterocycles. The summed E-state index contributed by atoms with van der Waals surface area (Å²) < 4.78 is 27.2. The smallest absolute Gasteiger partial charge is 0.206 e. The van der Waals surface area contributed by atoms with Crippen LogP contribution in [0.1, 0.15) is 31.6 Å². The van der Waals surface area contributed by atoms with Gasteiger partial charge in [0.2, 0.25) is 0 Å². The largest absolute Gasteiger partial charge is 0.252 e. The van der Waals surface area contributed by atoms with Gasteiger partial charge < -0.3 is 0 Å². The number of nitrogens with zero attached hydrogens (tertiary/aromatic N) is 1. The van der Waals surface area contributed by atoms with Crippen LogP contribution in [-0.4, -0.2) is 25.3 Å². The highest BCUT2D eigenvalue weighted by Crippen LogP contribution is 2.31. The van der Waals surface area contributed by atoms with E-state index in [2.05, 4.69) is 6.92 Å². The van der Waals surface area contributed by atoms with E-state index in [9.17, 15) is 8.42 Å². The van der Waals surface area contributed by atoms with Crippen LogP contribution < -0.4 is 0 Å². The Labute approximate surface area is 118 Å². The summed E-state index contributed by atoms with van der Waals surface area (Å²) in [5.74, 6) is 0.801. The highest BCUT2D eigenvalue weighted by atomic mass is 35.5. The maximum absolute atomic E-state index is 12.6. The van der Waals surface area contributed by atoms with Crippen LogP contribution in [0.2, 0.25) is 0 Å². The van der Waals surface area contributed by atoms with Crippen molar-refractivity contribution in [2.45, 2.75) is 42.8 Å². The van der Waals surface area contributed by atoms with Gasteiger partial charge in [0.25, 0.3) is 10.0 Å². The summed E-state index contributed by atoms with van der Waals surface area (Å²) in [6, 6.07) is 3.56. The molecule has 2 rings (SSSR count).